The molecule has 1 atom stereocenters. The second kappa shape index (κ2) is 8.05. The summed E-state index contributed by atoms with van der Waals surface area (Å²) in [4.78, 5) is 5.13. The quantitative estimate of drug-likeness (QED) is 0.879. The van der Waals surface area contributed by atoms with E-state index in [4.69, 9.17) is 0 Å². The molecule has 1 unspecified atom stereocenters. The molecule has 4 heteroatoms. The highest BCUT2D eigenvalue weighted by molar-refractivity contribution is 5.47. The minimum atomic E-state index is -0.151. The van der Waals surface area contributed by atoms with Gasteiger partial charge in [0.05, 0.1) is 0 Å². The molecule has 3 fully saturated rings. The Morgan fingerprint density at radius 1 is 0.920 bits per heavy atom. The molecule has 1 aliphatic carbocycles. The van der Waals surface area contributed by atoms with Crippen molar-refractivity contribution in [3.8, 4) is 0 Å². The third-order valence-corrected chi connectivity index (χ3v) is 6.57. The molecule has 3 nitrogen and oxygen atoms in total. The van der Waals surface area contributed by atoms with Gasteiger partial charge in [0.15, 0.2) is 0 Å². The first-order valence-electron chi connectivity index (χ1n) is 10.3. The van der Waals surface area contributed by atoms with Crippen molar-refractivity contribution >= 4 is 5.69 Å². The van der Waals surface area contributed by atoms with E-state index in [1.54, 1.807) is 12.1 Å². The number of halogens is 1. The highest BCUT2D eigenvalue weighted by Gasteiger charge is 2.28. The van der Waals surface area contributed by atoms with Crippen molar-refractivity contribution in [2.75, 3.05) is 37.6 Å². The van der Waals surface area contributed by atoms with Crippen LogP contribution in [0, 0.1) is 11.7 Å². The van der Waals surface area contributed by atoms with Gasteiger partial charge in [-0.15, -0.1) is 0 Å². The molecule has 1 N–H and O–H groups in total. The van der Waals surface area contributed by atoms with Gasteiger partial charge in [0.25, 0.3) is 0 Å². The molecule has 0 spiro atoms. The van der Waals surface area contributed by atoms with E-state index in [2.05, 4.69) is 15.1 Å². The van der Waals surface area contributed by atoms with Crippen LogP contribution >= 0.6 is 0 Å². The van der Waals surface area contributed by atoms with E-state index in [9.17, 15) is 4.39 Å². The van der Waals surface area contributed by atoms with Gasteiger partial charge in [-0.1, -0.05) is 12.8 Å². The molecule has 0 aromatic heterocycles. The van der Waals surface area contributed by atoms with Crippen LogP contribution in [0.4, 0.5) is 10.1 Å². The SMILES string of the molecule is Fc1ccc(N2CCC(NCC3CCN(C4CCCC4)CC3)C2)cc1. The normalized spacial score (nSPS) is 26.6. The molecule has 4 rings (SSSR count). The molecule has 0 amide bonds. The maximum atomic E-state index is 13.1. The average Bonchev–Trinajstić information content (AvgIpc) is 3.33. The summed E-state index contributed by atoms with van der Waals surface area (Å²) in [6.45, 7) is 5.91. The zero-order valence-electron chi connectivity index (χ0n) is 15.3. The van der Waals surface area contributed by atoms with Crippen molar-refractivity contribution in [2.45, 2.75) is 57.0 Å². The van der Waals surface area contributed by atoms with Crippen LogP contribution in [0.2, 0.25) is 0 Å². The molecule has 0 bridgehead atoms. The van der Waals surface area contributed by atoms with E-state index in [-0.39, 0.29) is 5.82 Å². The topological polar surface area (TPSA) is 18.5 Å². The van der Waals surface area contributed by atoms with Crippen molar-refractivity contribution in [2.24, 2.45) is 5.92 Å². The largest absolute Gasteiger partial charge is 0.370 e. The summed E-state index contributed by atoms with van der Waals surface area (Å²) >= 11 is 0. The van der Waals surface area contributed by atoms with Crippen LogP contribution in [0.1, 0.15) is 44.9 Å². The lowest BCUT2D eigenvalue weighted by Crippen LogP contribution is -2.43. The molecule has 2 heterocycles. The smallest absolute Gasteiger partial charge is 0.123 e. The molecule has 2 aliphatic heterocycles. The number of anilines is 1. The van der Waals surface area contributed by atoms with Gasteiger partial charge in [0, 0.05) is 30.9 Å². The molecule has 2 saturated heterocycles. The lowest BCUT2D eigenvalue weighted by atomic mass is 9.95. The summed E-state index contributed by atoms with van der Waals surface area (Å²) in [5, 5.41) is 3.81. The highest BCUT2D eigenvalue weighted by atomic mass is 19.1. The molecular weight excluding hydrogens is 313 g/mol. The van der Waals surface area contributed by atoms with Crippen LogP contribution in [0.15, 0.2) is 24.3 Å². The molecule has 0 radical (unpaired) electrons. The lowest BCUT2D eigenvalue weighted by Gasteiger charge is -2.36. The number of hydrogen-bond acceptors (Lipinski definition) is 3. The van der Waals surface area contributed by atoms with Gasteiger partial charge in [-0.25, -0.2) is 4.39 Å². The first-order valence-corrected chi connectivity index (χ1v) is 10.3. The number of piperidine rings is 1. The Labute approximate surface area is 151 Å². The van der Waals surface area contributed by atoms with Crippen molar-refractivity contribution in [1.29, 1.82) is 0 Å². The number of benzene rings is 1. The highest BCUT2D eigenvalue weighted by Crippen LogP contribution is 2.28. The van der Waals surface area contributed by atoms with Gasteiger partial charge >= 0.3 is 0 Å². The van der Waals surface area contributed by atoms with Crippen LogP contribution in [0.5, 0.6) is 0 Å². The summed E-state index contributed by atoms with van der Waals surface area (Å²) in [5.74, 6) is 0.694. The molecule has 25 heavy (non-hydrogen) atoms. The fourth-order valence-electron chi connectivity index (χ4n) is 4.94. The number of nitrogens with zero attached hydrogens (tertiary/aromatic N) is 2. The Morgan fingerprint density at radius 3 is 2.36 bits per heavy atom. The molecule has 1 saturated carbocycles. The molecular formula is C21H32FN3. The third kappa shape index (κ3) is 4.35. The molecule has 1 aromatic carbocycles. The molecule has 3 aliphatic rings. The number of rotatable bonds is 5. The van der Waals surface area contributed by atoms with Crippen molar-refractivity contribution in [1.82, 2.24) is 10.2 Å². The van der Waals surface area contributed by atoms with Gasteiger partial charge in [-0.05, 0) is 81.9 Å². The molecule has 1 aromatic rings. The van der Waals surface area contributed by atoms with Crippen LogP contribution in [-0.2, 0) is 0 Å². The van der Waals surface area contributed by atoms with E-state index < -0.39 is 0 Å². The van der Waals surface area contributed by atoms with Crippen LogP contribution in [0.25, 0.3) is 0 Å². The Morgan fingerprint density at radius 2 is 1.64 bits per heavy atom. The Kier molecular flexibility index (Phi) is 5.57. The zero-order valence-corrected chi connectivity index (χ0v) is 15.3. The minimum absolute atomic E-state index is 0.151. The average molecular weight is 346 g/mol. The maximum absolute atomic E-state index is 13.1. The van der Waals surface area contributed by atoms with Gasteiger partial charge < -0.3 is 15.1 Å². The predicted molar refractivity (Wildman–Crippen MR) is 102 cm³/mol. The van der Waals surface area contributed by atoms with E-state index in [0.717, 1.165) is 30.7 Å². The first-order chi connectivity index (χ1) is 12.3. The number of likely N-dealkylation sites (tertiary alicyclic amines) is 1. The van der Waals surface area contributed by atoms with E-state index in [1.807, 2.05) is 12.1 Å². The van der Waals surface area contributed by atoms with E-state index in [0.29, 0.717) is 6.04 Å². The van der Waals surface area contributed by atoms with E-state index >= 15 is 0 Å². The second-order valence-electron chi connectivity index (χ2n) is 8.23. The van der Waals surface area contributed by atoms with E-state index in [1.165, 1.54) is 64.6 Å². The third-order valence-electron chi connectivity index (χ3n) is 6.57. The fraction of sp³-hybridized carbons (Fsp3) is 0.714. The van der Waals surface area contributed by atoms with Gasteiger partial charge in [-0.2, -0.15) is 0 Å². The van der Waals surface area contributed by atoms with Crippen LogP contribution in [0.3, 0.4) is 0 Å². The summed E-state index contributed by atoms with van der Waals surface area (Å²) in [5.41, 5.74) is 1.15. The summed E-state index contributed by atoms with van der Waals surface area (Å²) in [7, 11) is 0. The zero-order chi connectivity index (χ0) is 17.1. The van der Waals surface area contributed by atoms with Gasteiger partial charge in [0.2, 0.25) is 0 Å². The van der Waals surface area contributed by atoms with Crippen LogP contribution < -0.4 is 10.2 Å². The van der Waals surface area contributed by atoms with Crippen molar-refractivity contribution < 1.29 is 4.39 Å². The van der Waals surface area contributed by atoms with Gasteiger partial charge in [-0.3, -0.25) is 0 Å². The van der Waals surface area contributed by atoms with Gasteiger partial charge in [0.1, 0.15) is 5.82 Å². The Bertz CT molecular complexity index is 533. The Balaban J connectivity index is 1.18. The number of nitrogens with one attached hydrogen (secondary N) is 1. The summed E-state index contributed by atoms with van der Waals surface area (Å²) in [6.07, 6.45) is 9.67. The minimum Gasteiger partial charge on any atom is -0.370 e. The Hall–Kier alpha value is -1.13. The summed E-state index contributed by atoms with van der Waals surface area (Å²) in [6, 6.07) is 8.40. The monoisotopic (exact) mass is 345 g/mol. The lowest BCUT2D eigenvalue weighted by molar-refractivity contribution is 0.132. The fourth-order valence-corrected chi connectivity index (χ4v) is 4.94. The second-order valence-corrected chi connectivity index (χ2v) is 8.23. The maximum Gasteiger partial charge on any atom is 0.123 e. The first kappa shape index (κ1) is 17.3. The molecule has 138 valence electrons. The predicted octanol–water partition coefficient (Wildman–Crippen LogP) is 3.65. The number of hydrogen-bond donors (Lipinski definition) is 1. The van der Waals surface area contributed by atoms with Crippen molar-refractivity contribution in [3.05, 3.63) is 30.1 Å². The standard InChI is InChI=1S/C21H32FN3/c22-18-5-7-21(8-6-18)25-14-11-19(16-25)23-15-17-9-12-24(13-10-17)20-3-1-2-4-20/h5-8,17,19-20,23H,1-4,9-16H2. The van der Waals surface area contributed by atoms with Crippen LogP contribution in [-0.4, -0.2) is 49.7 Å². The summed E-state index contributed by atoms with van der Waals surface area (Å²) < 4.78 is 13.1. The van der Waals surface area contributed by atoms with Crippen molar-refractivity contribution in [3.63, 3.8) is 0 Å².